The summed E-state index contributed by atoms with van der Waals surface area (Å²) in [7, 11) is 3.70. The lowest BCUT2D eigenvalue weighted by Crippen LogP contribution is -2.44. The minimum atomic E-state index is -0.295. The molecule has 1 saturated heterocycles. The van der Waals surface area contributed by atoms with E-state index in [9.17, 15) is 14.4 Å². The highest BCUT2D eigenvalue weighted by atomic mass is 16.5. The molecule has 9 nitrogen and oxygen atoms in total. The fourth-order valence-corrected chi connectivity index (χ4v) is 5.32. The Morgan fingerprint density at radius 3 is 2.25 bits per heavy atom. The van der Waals surface area contributed by atoms with Gasteiger partial charge in [0.15, 0.2) is 5.78 Å². The molecule has 0 atom stereocenters. The van der Waals surface area contributed by atoms with Crippen LogP contribution in [0.1, 0.15) is 31.8 Å². The fourth-order valence-electron chi connectivity index (χ4n) is 5.32. The second-order valence-electron chi connectivity index (χ2n) is 10.8. The zero-order chi connectivity index (χ0) is 30.6. The number of ketones is 1. The lowest BCUT2D eigenvalue weighted by molar-refractivity contribution is -0.110. The minimum absolute atomic E-state index is 0.224. The number of fused-ring (bicyclic) bond motifs is 1. The number of carbonyl (C=O) groups is 3. The second-order valence-corrected chi connectivity index (χ2v) is 10.8. The number of methoxy groups -OCH3 is 1. The average Bonchev–Trinajstić information content (AvgIpc) is 3.38. The Kier molecular flexibility index (Phi) is 8.12. The Morgan fingerprint density at radius 1 is 0.818 bits per heavy atom. The third-order valence-electron chi connectivity index (χ3n) is 7.92. The fraction of sp³-hybridized carbons (Fsp3) is 0.171. The summed E-state index contributed by atoms with van der Waals surface area (Å²) < 4.78 is 5.14. The standard InChI is InChI=1S/C35H33N5O4/c1-39-16-18-40(19-17-39)28-11-9-26(10-12-28)36-22-31-30-15-8-25(21-32(30)38-35(31)43)33(41)24-4-3-5-27(20-24)37-34(42)23-6-13-29(44-2)14-7-23/h3-15,20-22,36H,16-19H2,1-2H3,(H,37,42)(H,38,43)/b31-22+. The van der Waals surface area contributed by atoms with E-state index in [1.807, 2.05) is 12.1 Å². The van der Waals surface area contributed by atoms with Crippen LogP contribution < -0.4 is 25.6 Å². The van der Waals surface area contributed by atoms with Crippen LogP contribution in [0, 0.1) is 0 Å². The van der Waals surface area contributed by atoms with Crippen molar-refractivity contribution in [3.05, 3.63) is 119 Å². The van der Waals surface area contributed by atoms with E-state index in [0.717, 1.165) is 31.9 Å². The molecule has 0 bridgehead atoms. The number of anilines is 4. The normalized spacial score (nSPS) is 15.5. The molecule has 44 heavy (non-hydrogen) atoms. The zero-order valence-electron chi connectivity index (χ0n) is 24.6. The predicted molar refractivity (Wildman–Crippen MR) is 174 cm³/mol. The van der Waals surface area contributed by atoms with Gasteiger partial charge in [0.25, 0.3) is 11.8 Å². The zero-order valence-corrected chi connectivity index (χ0v) is 24.6. The molecule has 2 aliphatic heterocycles. The van der Waals surface area contributed by atoms with Crippen molar-refractivity contribution in [2.75, 3.05) is 61.2 Å². The number of hydrogen-bond donors (Lipinski definition) is 3. The molecule has 2 amide bonds. The third-order valence-corrected chi connectivity index (χ3v) is 7.92. The molecular weight excluding hydrogens is 554 g/mol. The Bertz CT molecular complexity index is 1740. The number of rotatable bonds is 8. The van der Waals surface area contributed by atoms with Crippen LogP contribution >= 0.6 is 0 Å². The Hall–Kier alpha value is -5.41. The molecule has 2 aliphatic rings. The molecule has 0 unspecified atom stereocenters. The lowest BCUT2D eigenvalue weighted by Gasteiger charge is -2.34. The molecular formula is C35H33N5O4. The number of amides is 2. The summed E-state index contributed by atoms with van der Waals surface area (Å²) in [5, 5.41) is 8.95. The molecule has 4 aromatic rings. The topological polar surface area (TPSA) is 103 Å². The van der Waals surface area contributed by atoms with Crippen molar-refractivity contribution in [1.82, 2.24) is 4.90 Å². The number of ether oxygens (including phenoxy) is 1. The molecule has 0 aliphatic carbocycles. The molecule has 1 fully saturated rings. The smallest absolute Gasteiger partial charge is 0.257 e. The van der Waals surface area contributed by atoms with Crippen molar-refractivity contribution in [3.63, 3.8) is 0 Å². The number of hydrogen-bond acceptors (Lipinski definition) is 7. The van der Waals surface area contributed by atoms with Crippen molar-refractivity contribution in [2.24, 2.45) is 0 Å². The highest BCUT2D eigenvalue weighted by molar-refractivity contribution is 6.32. The van der Waals surface area contributed by atoms with E-state index >= 15 is 0 Å². The van der Waals surface area contributed by atoms with Gasteiger partial charge in [0.2, 0.25) is 0 Å². The van der Waals surface area contributed by atoms with E-state index in [-0.39, 0.29) is 17.6 Å². The van der Waals surface area contributed by atoms with Crippen molar-refractivity contribution in [1.29, 1.82) is 0 Å². The summed E-state index contributed by atoms with van der Waals surface area (Å²) in [4.78, 5) is 43.6. The van der Waals surface area contributed by atoms with Gasteiger partial charge in [-0.3, -0.25) is 14.4 Å². The highest BCUT2D eigenvalue weighted by Gasteiger charge is 2.25. The molecule has 0 saturated carbocycles. The van der Waals surface area contributed by atoms with E-state index in [4.69, 9.17) is 4.74 Å². The maximum absolute atomic E-state index is 13.4. The molecule has 3 N–H and O–H groups in total. The first-order chi connectivity index (χ1) is 21.4. The molecule has 2 heterocycles. The van der Waals surface area contributed by atoms with Gasteiger partial charge in [-0.2, -0.15) is 0 Å². The predicted octanol–water partition coefficient (Wildman–Crippen LogP) is 5.34. The van der Waals surface area contributed by atoms with Crippen molar-refractivity contribution < 1.29 is 19.1 Å². The van der Waals surface area contributed by atoms with Crippen LogP contribution in [-0.2, 0) is 4.79 Å². The van der Waals surface area contributed by atoms with Crippen LogP contribution in [0.2, 0.25) is 0 Å². The Labute approximate surface area is 256 Å². The first-order valence-corrected chi connectivity index (χ1v) is 14.4. The Balaban J connectivity index is 1.13. The maximum atomic E-state index is 13.4. The van der Waals surface area contributed by atoms with Gasteiger partial charge < -0.3 is 30.5 Å². The number of nitrogens with one attached hydrogen (secondary N) is 3. The van der Waals surface area contributed by atoms with Gasteiger partial charge in [-0.25, -0.2) is 0 Å². The lowest BCUT2D eigenvalue weighted by atomic mass is 9.99. The summed E-state index contributed by atoms with van der Waals surface area (Å²) in [5.74, 6) is -0.102. The minimum Gasteiger partial charge on any atom is -0.497 e. The summed E-state index contributed by atoms with van der Waals surface area (Å²) in [6.45, 7) is 4.09. The SMILES string of the molecule is COc1ccc(C(=O)Nc2cccc(C(=O)c3ccc4c(c3)NC(=O)/C4=C/Nc3ccc(N4CCN(C)CC4)cc3)c2)cc1. The monoisotopic (exact) mass is 587 g/mol. The number of carbonyl (C=O) groups excluding carboxylic acids is 3. The van der Waals surface area contributed by atoms with Crippen LogP contribution in [-0.4, -0.2) is 62.8 Å². The molecule has 9 heteroatoms. The van der Waals surface area contributed by atoms with Crippen LogP contribution in [0.5, 0.6) is 5.75 Å². The molecule has 0 spiro atoms. The number of likely N-dealkylation sites (N-methyl/N-ethyl adjacent to an activating group) is 1. The van der Waals surface area contributed by atoms with Crippen molar-refractivity contribution in [2.45, 2.75) is 0 Å². The summed E-state index contributed by atoms with van der Waals surface area (Å²) in [6, 6.07) is 26.9. The second kappa shape index (κ2) is 12.4. The quantitative estimate of drug-likeness (QED) is 0.189. The first kappa shape index (κ1) is 28.7. The average molecular weight is 588 g/mol. The van der Waals surface area contributed by atoms with Gasteiger partial charge in [0.05, 0.1) is 12.7 Å². The summed E-state index contributed by atoms with van der Waals surface area (Å²) >= 11 is 0. The van der Waals surface area contributed by atoms with Crippen LogP contribution in [0.15, 0.2) is 97.2 Å². The van der Waals surface area contributed by atoms with Crippen LogP contribution in [0.4, 0.5) is 22.7 Å². The van der Waals surface area contributed by atoms with E-state index in [0.29, 0.717) is 45.0 Å². The largest absolute Gasteiger partial charge is 0.497 e. The first-order valence-electron chi connectivity index (χ1n) is 14.4. The molecule has 222 valence electrons. The van der Waals surface area contributed by atoms with Crippen molar-refractivity contribution >= 4 is 45.9 Å². The summed E-state index contributed by atoms with van der Waals surface area (Å²) in [6.07, 6.45) is 1.70. The van der Waals surface area contributed by atoms with E-state index in [1.165, 1.54) is 5.69 Å². The highest BCUT2D eigenvalue weighted by Crippen LogP contribution is 2.33. The van der Waals surface area contributed by atoms with Crippen molar-refractivity contribution in [3.8, 4) is 5.75 Å². The van der Waals surface area contributed by atoms with Gasteiger partial charge in [-0.05, 0) is 73.8 Å². The van der Waals surface area contributed by atoms with Gasteiger partial charge in [-0.15, -0.1) is 0 Å². The van der Waals surface area contributed by atoms with Gasteiger partial charge in [-0.1, -0.05) is 24.3 Å². The number of piperazine rings is 1. The van der Waals surface area contributed by atoms with E-state index in [1.54, 1.807) is 80.0 Å². The number of nitrogens with zero attached hydrogens (tertiary/aromatic N) is 2. The maximum Gasteiger partial charge on any atom is 0.257 e. The number of benzene rings is 4. The van der Waals surface area contributed by atoms with Crippen LogP contribution in [0.25, 0.3) is 5.57 Å². The van der Waals surface area contributed by atoms with E-state index < -0.39 is 0 Å². The molecule has 4 aromatic carbocycles. The van der Waals surface area contributed by atoms with Gasteiger partial charge in [0, 0.05) is 77.4 Å². The third kappa shape index (κ3) is 6.18. The van der Waals surface area contributed by atoms with Gasteiger partial charge in [0.1, 0.15) is 5.75 Å². The summed E-state index contributed by atoms with van der Waals surface area (Å²) in [5.41, 5.74) is 5.65. The van der Waals surface area contributed by atoms with E-state index in [2.05, 4.69) is 44.9 Å². The molecule has 6 rings (SSSR count). The molecule has 0 aromatic heterocycles. The Morgan fingerprint density at radius 2 is 1.52 bits per heavy atom. The molecule has 0 radical (unpaired) electrons. The van der Waals surface area contributed by atoms with Crippen LogP contribution in [0.3, 0.4) is 0 Å². The van der Waals surface area contributed by atoms with Gasteiger partial charge >= 0.3 is 0 Å².